The predicted octanol–water partition coefficient (Wildman–Crippen LogP) is 2.34. The molecule has 7 heteroatoms. The fourth-order valence-electron chi connectivity index (χ4n) is 3.98. The molecule has 3 atom stereocenters. The number of nitrogens with zero attached hydrogens (tertiary/aromatic N) is 2. The maximum absolute atomic E-state index is 13.0. The molecule has 128 valence electrons. The highest BCUT2D eigenvalue weighted by molar-refractivity contribution is 6.30. The minimum atomic E-state index is -0.413. The molecule has 1 amide bonds. The molecule has 2 aliphatic rings. The molecule has 2 aliphatic heterocycles. The zero-order valence-corrected chi connectivity index (χ0v) is 14.1. The topological polar surface area (TPSA) is 67.9 Å². The van der Waals surface area contributed by atoms with E-state index in [0.717, 1.165) is 30.6 Å². The summed E-state index contributed by atoms with van der Waals surface area (Å²) in [6.07, 6.45) is 1.70. The maximum atomic E-state index is 13.0. The molecule has 6 nitrogen and oxygen atoms in total. The van der Waals surface area contributed by atoms with Crippen molar-refractivity contribution in [3.8, 4) is 0 Å². The van der Waals surface area contributed by atoms with E-state index in [9.17, 15) is 14.9 Å². The molecule has 0 aromatic heterocycles. The number of quaternary nitrogens is 1. The van der Waals surface area contributed by atoms with Crippen LogP contribution in [0.4, 0.5) is 11.4 Å². The van der Waals surface area contributed by atoms with Gasteiger partial charge in [0.1, 0.15) is 0 Å². The van der Waals surface area contributed by atoms with E-state index in [-0.39, 0.29) is 23.8 Å². The Morgan fingerprint density at radius 2 is 1.96 bits per heavy atom. The standard InChI is InChI=1S/C18H16ClN3O3/c19-13-3-1-4-15(11-13)21-17(20-10-2-5-16(20)18(21)23)12-6-8-14(9-7-12)22(24)25/h1,3-4,6-9,11,16-17H,2,5,10H2/p+1/t16-,17+/m1/s1. The Morgan fingerprint density at radius 1 is 1.20 bits per heavy atom. The second-order valence-electron chi connectivity index (χ2n) is 6.46. The largest absolute Gasteiger partial charge is 0.301 e. The first-order valence-corrected chi connectivity index (χ1v) is 8.62. The molecule has 2 fully saturated rings. The van der Waals surface area contributed by atoms with Crippen LogP contribution in [0.1, 0.15) is 24.6 Å². The van der Waals surface area contributed by atoms with Gasteiger partial charge in [-0.1, -0.05) is 17.7 Å². The summed E-state index contributed by atoms with van der Waals surface area (Å²) < 4.78 is 0. The fourth-order valence-corrected chi connectivity index (χ4v) is 4.17. The highest BCUT2D eigenvalue weighted by atomic mass is 35.5. The lowest BCUT2D eigenvalue weighted by atomic mass is 10.1. The Morgan fingerprint density at radius 3 is 2.64 bits per heavy atom. The number of amides is 1. The second-order valence-corrected chi connectivity index (χ2v) is 6.90. The smallest absolute Gasteiger partial charge is 0.290 e. The highest BCUT2D eigenvalue weighted by Gasteiger charge is 2.53. The number of anilines is 1. The van der Waals surface area contributed by atoms with Crippen molar-refractivity contribution in [2.45, 2.75) is 25.0 Å². The minimum Gasteiger partial charge on any atom is -0.301 e. The van der Waals surface area contributed by atoms with E-state index in [1.54, 1.807) is 29.2 Å². The summed E-state index contributed by atoms with van der Waals surface area (Å²) in [6, 6.07) is 13.7. The molecule has 0 bridgehead atoms. The lowest BCUT2D eigenvalue weighted by Crippen LogP contribution is -3.12. The third-order valence-electron chi connectivity index (χ3n) is 5.06. The van der Waals surface area contributed by atoms with Gasteiger partial charge < -0.3 is 4.90 Å². The molecule has 1 N–H and O–H groups in total. The van der Waals surface area contributed by atoms with Crippen molar-refractivity contribution in [1.29, 1.82) is 0 Å². The van der Waals surface area contributed by atoms with Crippen molar-refractivity contribution in [2.75, 3.05) is 11.4 Å². The Hall–Kier alpha value is -2.44. The van der Waals surface area contributed by atoms with Crippen LogP contribution in [0.2, 0.25) is 5.02 Å². The van der Waals surface area contributed by atoms with Gasteiger partial charge in [-0.3, -0.25) is 19.8 Å². The van der Waals surface area contributed by atoms with Crippen molar-refractivity contribution in [2.24, 2.45) is 0 Å². The first kappa shape index (κ1) is 16.1. The summed E-state index contributed by atoms with van der Waals surface area (Å²) in [4.78, 5) is 26.5. The van der Waals surface area contributed by atoms with Gasteiger partial charge >= 0.3 is 0 Å². The van der Waals surface area contributed by atoms with Gasteiger partial charge in [0.15, 0.2) is 12.2 Å². The Balaban J connectivity index is 1.78. The molecular formula is C18H17ClN3O3+. The van der Waals surface area contributed by atoms with E-state index in [2.05, 4.69) is 0 Å². The third-order valence-corrected chi connectivity index (χ3v) is 5.29. The van der Waals surface area contributed by atoms with Crippen LogP contribution in [0.25, 0.3) is 0 Å². The van der Waals surface area contributed by atoms with Gasteiger partial charge in [-0.05, 0) is 30.3 Å². The number of rotatable bonds is 3. The average molecular weight is 359 g/mol. The maximum Gasteiger partial charge on any atom is 0.290 e. The number of hydrogen-bond acceptors (Lipinski definition) is 3. The Kier molecular flexibility index (Phi) is 3.94. The van der Waals surface area contributed by atoms with Crippen molar-refractivity contribution < 1.29 is 14.6 Å². The van der Waals surface area contributed by atoms with Gasteiger partial charge in [-0.15, -0.1) is 0 Å². The second kappa shape index (κ2) is 6.13. The number of carbonyl (C=O) groups is 1. The van der Waals surface area contributed by atoms with Crippen LogP contribution in [-0.2, 0) is 4.79 Å². The number of halogens is 1. The van der Waals surface area contributed by atoms with E-state index in [1.165, 1.54) is 17.0 Å². The summed E-state index contributed by atoms with van der Waals surface area (Å²) in [6.45, 7) is 0.912. The molecule has 2 saturated heterocycles. The van der Waals surface area contributed by atoms with Crippen molar-refractivity contribution in [3.63, 3.8) is 0 Å². The van der Waals surface area contributed by atoms with E-state index in [4.69, 9.17) is 11.6 Å². The van der Waals surface area contributed by atoms with Crippen LogP contribution in [-0.4, -0.2) is 23.4 Å². The molecule has 2 aromatic rings. The number of non-ortho nitro benzene ring substituents is 1. The quantitative estimate of drug-likeness (QED) is 0.676. The summed E-state index contributed by atoms with van der Waals surface area (Å²) >= 11 is 6.12. The van der Waals surface area contributed by atoms with Crippen LogP contribution in [0, 0.1) is 10.1 Å². The Labute approximate surface area is 149 Å². The predicted molar refractivity (Wildman–Crippen MR) is 93.6 cm³/mol. The minimum absolute atomic E-state index is 0.0513. The zero-order chi connectivity index (χ0) is 17.6. The van der Waals surface area contributed by atoms with Crippen LogP contribution in [0.15, 0.2) is 48.5 Å². The molecule has 2 heterocycles. The average Bonchev–Trinajstić information content (AvgIpc) is 3.17. The fraction of sp³-hybridized carbons (Fsp3) is 0.278. The summed E-state index contributed by atoms with van der Waals surface area (Å²) in [5, 5.41) is 11.5. The summed E-state index contributed by atoms with van der Waals surface area (Å²) in [5.41, 5.74) is 1.72. The van der Waals surface area contributed by atoms with Gasteiger partial charge in [-0.2, -0.15) is 0 Å². The molecule has 25 heavy (non-hydrogen) atoms. The van der Waals surface area contributed by atoms with E-state index >= 15 is 0 Å². The molecular weight excluding hydrogens is 342 g/mol. The number of nitro benzene ring substituents is 1. The highest BCUT2D eigenvalue weighted by Crippen LogP contribution is 2.32. The third kappa shape index (κ3) is 2.67. The summed E-state index contributed by atoms with van der Waals surface area (Å²) in [5.74, 6) is 0.0955. The number of benzene rings is 2. The van der Waals surface area contributed by atoms with Crippen molar-refractivity contribution in [3.05, 3.63) is 69.2 Å². The number of fused-ring (bicyclic) bond motifs is 1. The normalized spacial score (nSPS) is 25.2. The molecule has 1 unspecified atom stereocenters. The SMILES string of the molecule is O=C1[C@H]2CCC[NH+]2[C@H](c2ccc([N+](=O)[O-])cc2)N1c1cccc(Cl)c1. The molecule has 0 saturated carbocycles. The molecule has 0 spiro atoms. The van der Waals surface area contributed by atoms with Crippen molar-refractivity contribution in [1.82, 2.24) is 0 Å². The van der Waals surface area contributed by atoms with Gasteiger partial charge in [0.05, 0.1) is 17.2 Å². The van der Waals surface area contributed by atoms with Crippen LogP contribution in [0.5, 0.6) is 0 Å². The first-order valence-electron chi connectivity index (χ1n) is 8.25. The molecule has 0 radical (unpaired) electrons. The van der Waals surface area contributed by atoms with Crippen LogP contribution >= 0.6 is 11.6 Å². The van der Waals surface area contributed by atoms with E-state index in [0.29, 0.717) is 5.02 Å². The zero-order valence-electron chi connectivity index (χ0n) is 13.4. The van der Waals surface area contributed by atoms with Crippen molar-refractivity contribution >= 4 is 28.9 Å². The lowest BCUT2D eigenvalue weighted by molar-refractivity contribution is -0.924. The summed E-state index contributed by atoms with van der Waals surface area (Å²) in [7, 11) is 0. The van der Waals surface area contributed by atoms with Gasteiger partial charge in [0, 0.05) is 35.6 Å². The number of hydrogen-bond donors (Lipinski definition) is 1. The van der Waals surface area contributed by atoms with Gasteiger partial charge in [-0.25, -0.2) is 0 Å². The van der Waals surface area contributed by atoms with Gasteiger partial charge in [0.2, 0.25) is 0 Å². The molecule has 0 aliphatic carbocycles. The van der Waals surface area contributed by atoms with Gasteiger partial charge in [0.25, 0.3) is 11.6 Å². The number of nitrogens with one attached hydrogen (secondary N) is 1. The van der Waals surface area contributed by atoms with E-state index < -0.39 is 4.92 Å². The first-order chi connectivity index (χ1) is 12.1. The van der Waals surface area contributed by atoms with E-state index in [1.807, 2.05) is 12.1 Å². The molecule has 4 rings (SSSR count). The number of carbonyl (C=O) groups excluding carboxylic acids is 1. The Bertz CT molecular complexity index is 840. The van der Waals surface area contributed by atoms with Crippen LogP contribution in [0.3, 0.4) is 0 Å². The monoisotopic (exact) mass is 358 g/mol. The number of nitro groups is 1. The lowest BCUT2D eigenvalue weighted by Gasteiger charge is -2.26. The molecule has 2 aromatic carbocycles. The van der Waals surface area contributed by atoms with Crippen LogP contribution < -0.4 is 9.80 Å².